The van der Waals surface area contributed by atoms with Crippen molar-refractivity contribution in [1.82, 2.24) is 5.43 Å². The molecule has 0 unspecified atom stereocenters. The van der Waals surface area contributed by atoms with E-state index < -0.39 is 0 Å². The minimum Gasteiger partial charge on any atom is -0.497 e. The normalized spacial score (nSPS) is 10.5. The molecule has 132 valence electrons. The fourth-order valence-corrected chi connectivity index (χ4v) is 2.07. The molecule has 0 bridgehead atoms. The molecule has 0 aromatic heterocycles. The topological polar surface area (TPSA) is 69.2 Å². The van der Waals surface area contributed by atoms with Gasteiger partial charge >= 0.3 is 0 Å². The van der Waals surface area contributed by atoms with Crippen LogP contribution in [-0.4, -0.2) is 32.9 Å². The highest BCUT2D eigenvalue weighted by molar-refractivity contribution is 5.95. The van der Waals surface area contributed by atoms with Crippen LogP contribution in [0.1, 0.15) is 29.3 Å². The van der Waals surface area contributed by atoms with Gasteiger partial charge in [0.1, 0.15) is 5.75 Å². The molecule has 0 radical (unpaired) electrons. The van der Waals surface area contributed by atoms with Gasteiger partial charge in [0.25, 0.3) is 5.91 Å². The van der Waals surface area contributed by atoms with Crippen molar-refractivity contribution in [2.24, 2.45) is 5.10 Å². The summed E-state index contributed by atoms with van der Waals surface area (Å²) in [6, 6.07) is 12.3. The Hall–Kier alpha value is -3.02. The maximum atomic E-state index is 12.0. The predicted molar refractivity (Wildman–Crippen MR) is 96.8 cm³/mol. The van der Waals surface area contributed by atoms with Crippen molar-refractivity contribution in [3.63, 3.8) is 0 Å². The van der Waals surface area contributed by atoms with Crippen LogP contribution in [0.4, 0.5) is 0 Å². The number of carbonyl (C=O) groups excluding carboxylic acids is 1. The molecule has 0 aliphatic heterocycles. The number of amides is 1. The standard InChI is InChI=1S/C19H22N2O4/c1-4-11-25-17-10-5-14(12-18(17)24-3)13-20-21-19(22)15-6-8-16(23-2)9-7-15/h5-10,12-13H,4,11H2,1-3H3,(H,21,22)/b20-13+. The van der Waals surface area contributed by atoms with E-state index in [1.54, 1.807) is 50.8 Å². The molecule has 6 heteroatoms. The molecule has 1 amide bonds. The second-order valence-corrected chi connectivity index (χ2v) is 5.19. The van der Waals surface area contributed by atoms with Crippen LogP contribution in [0.5, 0.6) is 17.2 Å². The Kier molecular flexibility index (Phi) is 6.83. The van der Waals surface area contributed by atoms with Crippen molar-refractivity contribution >= 4 is 12.1 Å². The van der Waals surface area contributed by atoms with E-state index in [1.807, 2.05) is 19.1 Å². The monoisotopic (exact) mass is 342 g/mol. The molecule has 25 heavy (non-hydrogen) atoms. The van der Waals surface area contributed by atoms with Crippen molar-refractivity contribution in [2.45, 2.75) is 13.3 Å². The fraction of sp³-hybridized carbons (Fsp3) is 0.263. The van der Waals surface area contributed by atoms with E-state index in [0.29, 0.717) is 29.4 Å². The summed E-state index contributed by atoms with van der Waals surface area (Å²) in [6.45, 7) is 2.67. The van der Waals surface area contributed by atoms with Crippen molar-refractivity contribution in [3.8, 4) is 17.2 Å². The number of rotatable bonds is 8. The fourth-order valence-electron chi connectivity index (χ4n) is 2.07. The third-order valence-electron chi connectivity index (χ3n) is 3.38. The molecule has 0 saturated heterocycles. The summed E-state index contributed by atoms with van der Waals surface area (Å²) in [4.78, 5) is 12.0. The number of carbonyl (C=O) groups is 1. The lowest BCUT2D eigenvalue weighted by atomic mass is 10.2. The number of hydrogen-bond acceptors (Lipinski definition) is 5. The van der Waals surface area contributed by atoms with E-state index in [9.17, 15) is 4.79 Å². The minimum atomic E-state index is -0.297. The molecule has 2 aromatic carbocycles. The summed E-state index contributed by atoms with van der Waals surface area (Å²) in [6.07, 6.45) is 2.47. The number of benzene rings is 2. The first-order valence-electron chi connectivity index (χ1n) is 7.96. The largest absolute Gasteiger partial charge is 0.497 e. The quantitative estimate of drug-likeness (QED) is 0.590. The zero-order valence-electron chi connectivity index (χ0n) is 14.6. The molecule has 0 heterocycles. The van der Waals surface area contributed by atoms with Crippen LogP contribution in [0.3, 0.4) is 0 Å². The summed E-state index contributed by atoms with van der Waals surface area (Å²) >= 11 is 0. The van der Waals surface area contributed by atoms with Gasteiger partial charge in [-0.15, -0.1) is 0 Å². The van der Waals surface area contributed by atoms with E-state index in [0.717, 1.165) is 12.0 Å². The highest BCUT2D eigenvalue weighted by atomic mass is 16.5. The average molecular weight is 342 g/mol. The first-order chi connectivity index (χ1) is 12.2. The molecule has 2 rings (SSSR count). The van der Waals surface area contributed by atoms with Crippen molar-refractivity contribution < 1.29 is 19.0 Å². The molecule has 2 aromatic rings. The lowest BCUT2D eigenvalue weighted by Crippen LogP contribution is -2.17. The molecule has 0 fully saturated rings. The molecule has 0 saturated carbocycles. The van der Waals surface area contributed by atoms with Gasteiger partial charge in [0.05, 0.1) is 27.0 Å². The van der Waals surface area contributed by atoms with Crippen LogP contribution in [0.2, 0.25) is 0 Å². The third kappa shape index (κ3) is 5.24. The van der Waals surface area contributed by atoms with Crippen molar-refractivity contribution in [1.29, 1.82) is 0 Å². The third-order valence-corrected chi connectivity index (χ3v) is 3.38. The van der Waals surface area contributed by atoms with Gasteiger partial charge in [-0.3, -0.25) is 4.79 Å². The Balaban J connectivity index is 1.99. The lowest BCUT2D eigenvalue weighted by molar-refractivity contribution is 0.0955. The zero-order valence-corrected chi connectivity index (χ0v) is 14.6. The van der Waals surface area contributed by atoms with Crippen LogP contribution in [-0.2, 0) is 0 Å². The second-order valence-electron chi connectivity index (χ2n) is 5.19. The summed E-state index contributed by atoms with van der Waals surface area (Å²) in [5.74, 6) is 1.70. The Bertz CT molecular complexity index is 727. The number of methoxy groups -OCH3 is 2. The zero-order chi connectivity index (χ0) is 18.1. The summed E-state index contributed by atoms with van der Waals surface area (Å²) in [5, 5.41) is 3.98. The maximum absolute atomic E-state index is 12.0. The Labute approximate surface area is 147 Å². The van der Waals surface area contributed by atoms with Crippen molar-refractivity contribution in [2.75, 3.05) is 20.8 Å². The second kappa shape index (κ2) is 9.32. The van der Waals surface area contributed by atoms with Gasteiger partial charge in [-0.05, 0) is 54.4 Å². The number of ether oxygens (including phenoxy) is 3. The summed E-state index contributed by atoms with van der Waals surface area (Å²) < 4.78 is 16.0. The molecule has 6 nitrogen and oxygen atoms in total. The first-order valence-corrected chi connectivity index (χ1v) is 7.96. The molecule has 0 aliphatic rings. The predicted octanol–water partition coefficient (Wildman–Crippen LogP) is 3.26. The number of hydrazone groups is 1. The highest BCUT2D eigenvalue weighted by Gasteiger charge is 2.06. The summed E-state index contributed by atoms with van der Waals surface area (Å²) in [5.41, 5.74) is 3.78. The van der Waals surface area contributed by atoms with E-state index in [4.69, 9.17) is 14.2 Å². The van der Waals surface area contributed by atoms with Crippen molar-refractivity contribution in [3.05, 3.63) is 53.6 Å². The van der Waals surface area contributed by atoms with Gasteiger partial charge in [-0.25, -0.2) is 5.43 Å². The van der Waals surface area contributed by atoms with E-state index >= 15 is 0 Å². The molecular weight excluding hydrogens is 320 g/mol. The highest BCUT2D eigenvalue weighted by Crippen LogP contribution is 2.27. The average Bonchev–Trinajstić information content (AvgIpc) is 2.66. The molecular formula is C19H22N2O4. The number of hydrogen-bond donors (Lipinski definition) is 1. The van der Waals surface area contributed by atoms with Gasteiger partial charge in [0.15, 0.2) is 11.5 Å². The Morgan fingerprint density at radius 3 is 2.48 bits per heavy atom. The molecule has 0 spiro atoms. The van der Waals surface area contributed by atoms with Gasteiger partial charge < -0.3 is 14.2 Å². The molecule has 1 N–H and O–H groups in total. The first kappa shape index (κ1) is 18.3. The molecule has 0 atom stereocenters. The Morgan fingerprint density at radius 1 is 1.08 bits per heavy atom. The van der Waals surface area contributed by atoms with E-state index in [1.165, 1.54) is 0 Å². The van der Waals surface area contributed by atoms with Crippen LogP contribution in [0.25, 0.3) is 0 Å². The maximum Gasteiger partial charge on any atom is 0.271 e. The van der Waals surface area contributed by atoms with Gasteiger partial charge in [-0.2, -0.15) is 5.10 Å². The van der Waals surface area contributed by atoms with Crippen LogP contribution in [0.15, 0.2) is 47.6 Å². The van der Waals surface area contributed by atoms with Crippen LogP contribution >= 0.6 is 0 Å². The van der Waals surface area contributed by atoms with Gasteiger partial charge in [0, 0.05) is 5.56 Å². The van der Waals surface area contributed by atoms with Gasteiger partial charge in [0.2, 0.25) is 0 Å². The van der Waals surface area contributed by atoms with Crippen LogP contribution < -0.4 is 19.6 Å². The van der Waals surface area contributed by atoms with E-state index in [2.05, 4.69) is 10.5 Å². The minimum absolute atomic E-state index is 0.297. The molecule has 0 aliphatic carbocycles. The van der Waals surface area contributed by atoms with Gasteiger partial charge in [-0.1, -0.05) is 6.92 Å². The SMILES string of the molecule is CCCOc1ccc(/C=N/NC(=O)c2ccc(OC)cc2)cc1OC. The number of nitrogens with one attached hydrogen (secondary N) is 1. The smallest absolute Gasteiger partial charge is 0.271 e. The lowest BCUT2D eigenvalue weighted by Gasteiger charge is -2.10. The summed E-state index contributed by atoms with van der Waals surface area (Å²) in [7, 11) is 3.16. The van der Waals surface area contributed by atoms with Crippen LogP contribution in [0, 0.1) is 0 Å². The van der Waals surface area contributed by atoms with E-state index in [-0.39, 0.29) is 5.91 Å². The number of nitrogens with zero attached hydrogens (tertiary/aromatic N) is 1. The Morgan fingerprint density at radius 2 is 1.84 bits per heavy atom.